The van der Waals surface area contributed by atoms with E-state index < -0.39 is 5.54 Å². The number of hydrogen-bond acceptors (Lipinski definition) is 4. The van der Waals surface area contributed by atoms with Crippen LogP contribution >= 0.6 is 0 Å². The molecule has 7 nitrogen and oxygen atoms in total. The van der Waals surface area contributed by atoms with Crippen LogP contribution in [0.25, 0.3) is 0 Å². The maximum atomic E-state index is 13.0. The topological polar surface area (TPSA) is 85.2 Å². The first kappa shape index (κ1) is 23.5. The van der Waals surface area contributed by atoms with Crippen molar-refractivity contribution in [1.82, 2.24) is 20.2 Å². The van der Waals surface area contributed by atoms with E-state index in [1.165, 1.54) is 0 Å². The molecule has 2 atom stereocenters. The third-order valence-corrected chi connectivity index (χ3v) is 6.54. The second-order valence-corrected chi connectivity index (χ2v) is 8.97. The van der Waals surface area contributed by atoms with Crippen LogP contribution < -0.4 is 15.4 Å². The number of aromatic nitrogens is 2. The highest BCUT2D eigenvalue weighted by atomic mass is 16.5. The average molecular weight is 461 g/mol. The first-order valence-electron chi connectivity index (χ1n) is 11.8. The van der Waals surface area contributed by atoms with Crippen molar-refractivity contribution in [2.45, 2.75) is 56.7 Å². The summed E-state index contributed by atoms with van der Waals surface area (Å²) >= 11 is 0. The summed E-state index contributed by atoms with van der Waals surface area (Å²) in [6.45, 7) is 0.761. The molecule has 1 aromatic heterocycles. The third kappa shape index (κ3) is 6.25. The summed E-state index contributed by atoms with van der Waals surface area (Å²) in [6, 6.07) is 17.8. The number of carbonyl (C=O) groups excluding carboxylic acids is 2. The van der Waals surface area contributed by atoms with Gasteiger partial charge in [-0.2, -0.15) is 0 Å². The lowest BCUT2D eigenvalue weighted by Crippen LogP contribution is -2.44. The number of amides is 2. The molecule has 1 fully saturated rings. The molecule has 4 rings (SSSR count). The molecule has 0 radical (unpaired) electrons. The Kier molecular flexibility index (Phi) is 7.62. The number of aryl methyl sites for hydroxylation is 1. The predicted molar refractivity (Wildman–Crippen MR) is 130 cm³/mol. The van der Waals surface area contributed by atoms with E-state index in [1.54, 1.807) is 19.6 Å². The number of methoxy groups -OCH3 is 1. The molecule has 2 N–H and O–H groups in total. The second kappa shape index (κ2) is 11.0. The maximum Gasteiger partial charge on any atom is 0.220 e. The van der Waals surface area contributed by atoms with Gasteiger partial charge < -0.3 is 19.9 Å². The number of benzene rings is 2. The summed E-state index contributed by atoms with van der Waals surface area (Å²) < 4.78 is 7.26. The number of hydrogen-bond donors (Lipinski definition) is 2. The smallest absolute Gasteiger partial charge is 0.220 e. The van der Waals surface area contributed by atoms with E-state index in [1.807, 2.05) is 65.4 Å². The highest BCUT2D eigenvalue weighted by Gasteiger charge is 2.38. The molecule has 2 heterocycles. The lowest BCUT2D eigenvalue weighted by Gasteiger charge is -2.30. The summed E-state index contributed by atoms with van der Waals surface area (Å²) in [5.41, 5.74) is 1.80. The van der Waals surface area contributed by atoms with Gasteiger partial charge in [0, 0.05) is 37.3 Å². The molecule has 2 aromatic carbocycles. The van der Waals surface area contributed by atoms with E-state index in [4.69, 9.17) is 4.74 Å². The Labute approximate surface area is 200 Å². The molecule has 0 aliphatic carbocycles. The number of nitrogens with one attached hydrogen (secondary N) is 2. The molecule has 0 spiro atoms. The molecule has 3 aromatic rings. The van der Waals surface area contributed by atoms with Gasteiger partial charge in [-0.15, -0.1) is 0 Å². The number of rotatable bonds is 11. The minimum absolute atomic E-state index is 0.00487. The molecule has 0 saturated carbocycles. The lowest BCUT2D eigenvalue weighted by atomic mass is 9.85. The van der Waals surface area contributed by atoms with E-state index in [0.717, 1.165) is 36.3 Å². The molecule has 178 valence electrons. The van der Waals surface area contributed by atoms with Crippen LogP contribution in [0.4, 0.5) is 0 Å². The Bertz CT molecular complexity index is 1070. The first-order chi connectivity index (χ1) is 16.5. The number of carbonyl (C=O) groups is 2. The summed E-state index contributed by atoms with van der Waals surface area (Å²) in [5, 5.41) is 6.39. The number of ether oxygens (including phenoxy) is 1. The summed E-state index contributed by atoms with van der Waals surface area (Å²) in [7, 11) is 1.64. The molecular formula is C27H32N4O3. The summed E-state index contributed by atoms with van der Waals surface area (Å²) in [5.74, 6) is 0.849. The average Bonchev–Trinajstić information content (AvgIpc) is 3.51. The van der Waals surface area contributed by atoms with Crippen molar-refractivity contribution in [3.05, 3.63) is 84.4 Å². The van der Waals surface area contributed by atoms with Crippen molar-refractivity contribution in [2.75, 3.05) is 7.11 Å². The predicted octanol–water partition coefficient (Wildman–Crippen LogP) is 3.81. The molecule has 0 unspecified atom stereocenters. The molecule has 7 heteroatoms. The fourth-order valence-corrected chi connectivity index (χ4v) is 4.64. The van der Waals surface area contributed by atoms with Gasteiger partial charge >= 0.3 is 0 Å². The minimum atomic E-state index is -0.401. The van der Waals surface area contributed by atoms with Crippen LogP contribution in [0.2, 0.25) is 0 Å². The van der Waals surface area contributed by atoms with Gasteiger partial charge in [-0.1, -0.05) is 42.5 Å². The van der Waals surface area contributed by atoms with Crippen LogP contribution in [0.3, 0.4) is 0 Å². The van der Waals surface area contributed by atoms with Crippen LogP contribution in [0.15, 0.2) is 73.3 Å². The normalized spacial score (nSPS) is 18.3. The monoisotopic (exact) mass is 460 g/mol. The minimum Gasteiger partial charge on any atom is -0.497 e. The Morgan fingerprint density at radius 3 is 2.65 bits per heavy atom. The molecule has 1 aliphatic heterocycles. The Balaban J connectivity index is 1.39. The maximum absolute atomic E-state index is 13.0. The van der Waals surface area contributed by atoms with E-state index in [-0.39, 0.29) is 17.9 Å². The largest absolute Gasteiger partial charge is 0.497 e. The van der Waals surface area contributed by atoms with Crippen molar-refractivity contribution in [1.29, 1.82) is 0 Å². The number of nitrogens with zero attached hydrogens (tertiary/aromatic N) is 2. The Morgan fingerprint density at radius 1 is 1.21 bits per heavy atom. The van der Waals surface area contributed by atoms with Gasteiger partial charge in [-0.25, -0.2) is 4.98 Å². The zero-order valence-electron chi connectivity index (χ0n) is 19.6. The Morgan fingerprint density at radius 2 is 2.00 bits per heavy atom. The van der Waals surface area contributed by atoms with Crippen LogP contribution in [0, 0.1) is 0 Å². The SMILES string of the molecule is COc1ccc(C[C@]2(CCC(=O)N[C@H](CCn3ccnc3)c3ccccc3)CCC(=O)N2)cc1. The molecular weight excluding hydrogens is 428 g/mol. The number of imidazole rings is 1. The standard InChI is InChI=1S/C27H32N4O3/c1-34-23-9-7-21(8-10-23)19-27(15-12-26(33)30-27)14-11-25(32)29-24(22-5-3-2-4-6-22)13-17-31-18-16-28-20-31/h2-10,16,18,20,24H,11-15,17,19H2,1H3,(H,29,32)(H,30,33)/t24-,27+/m1/s1. The van der Waals surface area contributed by atoms with Crippen LogP contribution in [-0.4, -0.2) is 34.0 Å². The van der Waals surface area contributed by atoms with E-state index in [0.29, 0.717) is 25.7 Å². The van der Waals surface area contributed by atoms with Crippen molar-refractivity contribution in [3.63, 3.8) is 0 Å². The third-order valence-electron chi connectivity index (χ3n) is 6.54. The van der Waals surface area contributed by atoms with Crippen LogP contribution in [0.1, 0.15) is 49.3 Å². The van der Waals surface area contributed by atoms with Gasteiger partial charge in [0.2, 0.25) is 11.8 Å². The molecule has 2 amide bonds. The first-order valence-corrected chi connectivity index (χ1v) is 11.8. The zero-order chi connectivity index (χ0) is 23.8. The van der Waals surface area contributed by atoms with E-state index >= 15 is 0 Å². The van der Waals surface area contributed by atoms with E-state index in [9.17, 15) is 9.59 Å². The summed E-state index contributed by atoms with van der Waals surface area (Å²) in [4.78, 5) is 29.3. The van der Waals surface area contributed by atoms with Gasteiger partial charge in [0.25, 0.3) is 0 Å². The van der Waals surface area contributed by atoms with Crippen molar-refractivity contribution in [3.8, 4) is 5.75 Å². The van der Waals surface area contributed by atoms with Gasteiger partial charge in [0.1, 0.15) is 5.75 Å². The van der Waals surface area contributed by atoms with Gasteiger partial charge in [0.15, 0.2) is 0 Å². The van der Waals surface area contributed by atoms with E-state index in [2.05, 4.69) is 15.6 Å². The van der Waals surface area contributed by atoms with Crippen LogP contribution in [-0.2, 0) is 22.6 Å². The van der Waals surface area contributed by atoms with Gasteiger partial charge in [0.05, 0.1) is 19.5 Å². The molecule has 1 saturated heterocycles. The zero-order valence-corrected chi connectivity index (χ0v) is 19.6. The van der Waals surface area contributed by atoms with Crippen molar-refractivity contribution in [2.24, 2.45) is 0 Å². The van der Waals surface area contributed by atoms with Crippen molar-refractivity contribution >= 4 is 11.8 Å². The fraction of sp³-hybridized carbons (Fsp3) is 0.370. The lowest BCUT2D eigenvalue weighted by molar-refractivity contribution is -0.123. The molecule has 1 aliphatic rings. The quantitative estimate of drug-likeness (QED) is 0.456. The molecule has 0 bridgehead atoms. The second-order valence-electron chi connectivity index (χ2n) is 8.97. The van der Waals surface area contributed by atoms with Crippen LogP contribution in [0.5, 0.6) is 5.75 Å². The van der Waals surface area contributed by atoms with Crippen molar-refractivity contribution < 1.29 is 14.3 Å². The highest BCUT2D eigenvalue weighted by Crippen LogP contribution is 2.30. The molecule has 34 heavy (non-hydrogen) atoms. The Hall–Kier alpha value is -3.61. The summed E-state index contributed by atoms with van der Waals surface area (Å²) in [6.07, 6.45) is 9.10. The highest BCUT2D eigenvalue weighted by molar-refractivity contribution is 5.80. The fourth-order valence-electron chi connectivity index (χ4n) is 4.64. The van der Waals surface area contributed by atoms with Gasteiger partial charge in [-0.05, 0) is 48.9 Å². The van der Waals surface area contributed by atoms with Gasteiger partial charge in [-0.3, -0.25) is 9.59 Å².